The van der Waals surface area contributed by atoms with E-state index in [2.05, 4.69) is 159 Å². The number of hydrogen-bond donors (Lipinski definition) is 0. The van der Waals surface area contributed by atoms with Crippen molar-refractivity contribution in [3.63, 3.8) is 0 Å². The molecule has 0 bridgehead atoms. The summed E-state index contributed by atoms with van der Waals surface area (Å²) in [5, 5.41) is 0. The number of ether oxygens (including phenoxy) is 2. The molecular formula is C47H48BNO2. The van der Waals surface area contributed by atoms with E-state index >= 15 is 0 Å². The minimum atomic E-state index is -0.139. The Balaban J connectivity index is 1.27. The largest absolute Gasteiger partial charge is 0.458 e. The summed E-state index contributed by atoms with van der Waals surface area (Å²) in [4.78, 5) is 2.43. The molecule has 4 heteroatoms. The number of benzene rings is 5. The van der Waals surface area contributed by atoms with E-state index in [0.29, 0.717) is 0 Å². The number of anilines is 3. The quantitative estimate of drug-likeness (QED) is 0.162. The van der Waals surface area contributed by atoms with Crippen LogP contribution in [0.4, 0.5) is 17.1 Å². The van der Waals surface area contributed by atoms with Gasteiger partial charge < -0.3 is 14.4 Å². The van der Waals surface area contributed by atoms with Gasteiger partial charge in [-0.3, -0.25) is 0 Å². The Labute approximate surface area is 304 Å². The normalized spacial score (nSPS) is 20.8. The maximum absolute atomic E-state index is 7.32. The van der Waals surface area contributed by atoms with Gasteiger partial charge in [-0.15, -0.1) is 0 Å². The zero-order chi connectivity index (χ0) is 35.6. The molecule has 0 saturated heterocycles. The van der Waals surface area contributed by atoms with Gasteiger partial charge in [-0.1, -0.05) is 130 Å². The predicted octanol–water partition coefficient (Wildman–Crippen LogP) is 10.4. The number of rotatable bonds is 1. The highest BCUT2D eigenvalue weighted by Crippen LogP contribution is 2.58. The van der Waals surface area contributed by atoms with Crippen molar-refractivity contribution < 1.29 is 9.47 Å². The van der Waals surface area contributed by atoms with Crippen LogP contribution in [0, 0.1) is 0 Å². The highest BCUT2D eigenvalue weighted by molar-refractivity contribution is 6.98. The van der Waals surface area contributed by atoms with Crippen LogP contribution in [0.15, 0.2) is 84.9 Å². The molecule has 0 unspecified atom stereocenters. The first-order valence-corrected chi connectivity index (χ1v) is 18.9. The van der Waals surface area contributed by atoms with Crippen LogP contribution < -0.4 is 30.8 Å². The standard InChI is InChI=1S/C47H48BNO2/c1-43(2)25-45(5,6)38-30(43)19-21-32-41(38)50-36-23-27(49-34-17-13-11-15-28(34)47(9,10)29-16-12-14-18-35(29)49)24-37-40(36)48(32)33-22-20-31-39(42(33)51-37)46(7,8)26-44(31,3)4/h11-24H,25-26H2,1-10H3. The fraction of sp³-hybridized carbons (Fsp3) is 0.362. The summed E-state index contributed by atoms with van der Waals surface area (Å²) in [6, 6.07) is 31.9. The highest BCUT2D eigenvalue weighted by Gasteiger charge is 2.52. The van der Waals surface area contributed by atoms with Crippen molar-refractivity contribution in [3.8, 4) is 23.0 Å². The lowest BCUT2D eigenvalue weighted by molar-refractivity contribution is 0.392. The average molecular weight is 670 g/mol. The predicted molar refractivity (Wildman–Crippen MR) is 212 cm³/mol. The Morgan fingerprint density at radius 2 is 0.941 bits per heavy atom. The third kappa shape index (κ3) is 3.97. The second kappa shape index (κ2) is 9.51. The van der Waals surface area contributed by atoms with Gasteiger partial charge in [0.25, 0.3) is 6.71 Å². The minimum absolute atomic E-state index is 0.0175. The van der Waals surface area contributed by atoms with E-state index in [1.54, 1.807) is 0 Å². The first-order chi connectivity index (χ1) is 24.0. The summed E-state index contributed by atoms with van der Waals surface area (Å²) in [6.45, 7) is 23.9. The van der Waals surface area contributed by atoms with Crippen molar-refractivity contribution in [2.75, 3.05) is 4.90 Å². The van der Waals surface area contributed by atoms with Crippen LogP contribution in [-0.4, -0.2) is 6.71 Å². The fourth-order valence-electron chi connectivity index (χ4n) is 11.7. The molecule has 0 amide bonds. The van der Waals surface area contributed by atoms with Crippen LogP contribution in [0.2, 0.25) is 0 Å². The molecule has 5 aromatic carbocycles. The van der Waals surface area contributed by atoms with Crippen molar-refractivity contribution in [1.29, 1.82) is 0 Å². The summed E-state index contributed by atoms with van der Waals surface area (Å²) in [6.07, 6.45) is 2.18. The zero-order valence-electron chi connectivity index (χ0n) is 31.8. The van der Waals surface area contributed by atoms with Crippen LogP contribution in [0.25, 0.3) is 0 Å². The fourth-order valence-corrected chi connectivity index (χ4v) is 11.7. The maximum atomic E-state index is 7.32. The monoisotopic (exact) mass is 669 g/mol. The third-order valence-electron chi connectivity index (χ3n) is 13.3. The second-order valence-corrected chi connectivity index (χ2v) is 19.2. The van der Waals surface area contributed by atoms with Gasteiger partial charge in [0, 0.05) is 34.1 Å². The minimum Gasteiger partial charge on any atom is -0.458 e. The Kier molecular flexibility index (Phi) is 5.84. The smallest absolute Gasteiger partial charge is 0.260 e. The molecule has 2 aliphatic carbocycles. The first kappa shape index (κ1) is 31.3. The molecule has 0 radical (unpaired) electrons. The molecule has 10 rings (SSSR count). The lowest BCUT2D eigenvalue weighted by Crippen LogP contribution is -2.58. The van der Waals surface area contributed by atoms with Gasteiger partial charge >= 0.3 is 0 Å². The molecule has 3 aliphatic heterocycles. The summed E-state index contributed by atoms with van der Waals surface area (Å²) >= 11 is 0. The Bertz CT molecular complexity index is 2220. The van der Waals surface area contributed by atoms with Crippen LogP contribution in [0.3, 0.4) is 0 Å². The van der Waals surface area contributed by atoms with Gasteiger partial charge in [0.05, 0.1) is 17.1 Å². The molecule has 0 saturated carbocycles. The zero-order valence-corrected chi connectivity index (χ0v) is 31.8. The molecular weight excluding hydrogens is 621 g/mol. The average Bonchev–Trinajstić information content (AvgIpc) is 3.39. The van der Waals surface area contributed by atoms with Crippen molar-refractivity contribution in [1.82, 2.24) is 0 Å². The highest BCUT2D eigenvalue weighted by atomic mass is 16.5. The summed E-state index contributed by atoms with van der Waals surface area (Å²) < 4.78 is 14.6. The van der Waals surface area contributed by atoms with Crippen LogP contribution in [0.1, 0.15) is 115 Å². The van der Waals surface area contributed by atoms with Gasteiger partial charge in [-0.2, -0.15) is 0 Å². The van der Waals surface area contributed by atoms with Crippen molar-refractivity contribution in [2.24, 2.45) is 0 Å². The molecule has 3 nitrogen and oxygen atoms in total. The van der Waals surface area contributed by atoms with Crippen LogP contribution in [0.5, 0.6) is 23.0 Å². The summed E-state index contributed by atoms with van der Waals surface area (Å²) in [5.74, 6) is 3.91. The van der Waals surface area contributed by atoms with Crippen molar-refractivity contribution in [2.45, 2.75) is 109 Å². The first-order valence-electron chi connectivity index (χ1n) is 18.9. The lowest BCUT2D eigenvalue weighted by atomic mass is 9.34. The van der Waals surface area contributed by atoms with E-state index < -0.39 is 0 Å². The third-order valence-corrected chi connectivity index (χ3v) is 13.3. The number of fused-ring (bicyclic) bond motifs is 10. The van der Waals surface area contributed by atoms with Crippen LogP contribution in [-0.2, 0) is 27.1 Å². The number of nitrogens with zero attached hydrogens (tertiary/aromatic N) is 1. The maximum Gasteiger partial charge on any atom is 0.260 e. The van der Waals surface area contributed by atoms with Crippen molar-refractivity contribution in [3.05, 3.63) is 118 Å². The van der Waals surface area contributed by atoms with E-state index in [1.165, 1.54) is 55.7 Å². The molecule has 0 atom stereocenters. The molecule has 0 aromatic heterocycles. The van der Waals surface area contributed by atoms with E-state index in [0.717, 1.165) is 47.0 Å². The topological polar surface area (TPSA) is 21.7 Å². The van der Waals surface area contributed by atoms with Gasteiger partial charge in [-0.25, -0.2) is 0 Å². The lowest BCUT2D eigenvalue weighted by Gasteiger charge is -2.43. The van der Waals surface area contributed by atoms with Gasteiger partial charge in [0.15, 0.2) is 0 Å². The Morgan fingerprint density at radius 1 is 0.510 bits per heavy atom. The summed E-state index contributed by atoms with van der Waals surface area (Å²) in [7, 11) is 0. The summed E-state index contributed by atoms with van der Waals surface area (Å²) in [5.41, 5.74) is 15.3. The molecule has 0 N–H and O–H groups in total. The molecule has 51 heavy (non-hydrogen) atoms. The Hall–Kier alpha value is -4.44. The van der Waals surface area contributed by atoms with Gasteiger partial charge in [0.2, 0.25) is 0 Å². The molecule has 0 fully saturated rings. The van der Waals surface area contributed by atoms with E-state index in [1.807, 2.05) is 0 Å². The van der Waals surface area contributed by atoms with Gasteiger partial charge in [0.1, 0.15) is 23.0 Å². The second-order valence-electron chi connectivity index (χ2n) is 19.2. The molecule has 5 aromatic rings. The van der Waals surface area contributed by atoms with E-state index in [-0.39, 0.29) is 33.8 Å². The molecule has 5 aliphatic rings. The van der Waals surface area contributed by atoms with E-state index in [9.17, 15) is 0 Å². The molecule has 256 valence electrons. The van der Waals surface area contributed by atoms with Crippen LogP contribution >= 0.6 is 0 Å². The molecule has 0 spiro atoms. The van der Waals surface area contributed by atoms with Gasteiger partial charge in [-0.05, 0) is 79.8 Å². The number of para-hydroxylation sites is 2. The SMILES string of the molecule is CC1(C)CC(C)(C)c2c1ccc1c2Oc2cc(N3c4ccccc4C(C)(C)c4ccccc43)cc3c2B1c1ccc2c(c1O3)C(C)(C)CC2(C)C. The molecule has 3 heterocycles. The Morgan fingerprint density at radius 3 is 1.39 bits per heavy atom. The van der Waals surface area contributed by atoms with E-state index in [4.69, 9.17) is 9.47 Å². The van der Waals surface area contributed by atoms with Crippen molar-refractivity contribution >= 4 is 40.2 Å². The number of hydrogen-bond acceptors (Lipinski definition) is 3.